The molecule has 0 aliphatic heterocycles. The third kappa shape index (κ3) is 3.87. The minimum absolute atomic E-state index is 0.426. The van der Waals surface area contributed by atoms with Gasteiger partial charge in [0.15, 0.2) is 11.0 Å². The molecule has 3 aromatic rings. The van der Waals surface area contributed by atoms with Crippen LogP contribution in [0, 0.1) is 11.3 Å². The van der Waals surface area contributed by atoms with Crippen LogP contribution in [0.15, 0.2) is 53.7 Å². The Morgan fingerprint density at radius 2 is 1.81 bits per heavy atom. The standard InChI is InChI=1S/C21H19ClN4S/c22-19-8-4-3-7-18(19)20-24-25-21(26(20)17-5-1-2-6-17)27-14-16-11-9-15(13-23)10-12-16/h3-4,7-12,17H,1-2,5-6,14H2. The quantitative estimate of drug-likeness (QED) is 0.507. The number of benzene rings is 2. The summed E-state index contributed by atoms with van der Waals surface area (Å²) in [4.78, 5) is 0. The molecular weight excluding hydrogens is 376 g/mol. The van der Waals surface area contributed by atoms with Crippen molar-refractivity contribution >= 4 is 23.4 Å². The highest BCUT2D eigenvalue weighted by Crippen LogP contribution is 2.38. The minimum atomic E-state index is 0.426. The van der Waals surface area contributed by atoms with Crippen molar-refractivity contribution in [2.75, 3.05) is 0 Å². The summed E-state index contributed by atoms with van der Waals surface area (Å²) in [7, 11) is 0. The van der Waals surface area contributed by atoms with Crippen molar-refractivity contribution in [1.82, 2.24) is 14.8 Å². The van der Waals surface area contributed by atoms with Gasteiger partial charge in [-0.3, -0.25) is 4.57 Å². The van der Waals surface area contributed by atoms with Crippen LogP contribution in [0.3, 0.4) is 0 Å². The van der Waals surface area contributed by atoms with Crippen LogP contribution in [0.25, 0.3) is 11.4 Å². The second-order valence-corrected chi connectivity index (χ2v) is 8.04. The Morgan fingerprint density at radius 1 is 1.07 bits per heavy atom. The molecule has 0 amide bonds. The van der Waals surface area contributed by atoms with E-state index in [9.17, 15) is 0 Å². The van der Waals surface area contributed by atoms with E-state index in [4.69, 9.17) is 16.9 Å². The maximum Gasteiger partial charge on any atom is 0.192 e. The van der Waals surface area contributed by atoms with Crippen molar-refractivity contribution in [3.63, 3.8) is 0 Å². The Kier molecular flexibility index (Phi) is 5.47. The lowest BCUT2D eigenvalue weighted by Crippen LogP contribution is -2.08. The molecular formula is C21H19ClN4S. The van der Waals surface area contributed by atoms with Gasteiger partial charge in [0.1, 0.15) is 0 Å². The van der Waals surface area contributed by atoms with E-state index in [1.807, 2.05) is 48.5 Å². The summed E-state index contributed by atoms with van der Waals surface area (Å²) in [5.74, 6) is 1.65. The van der Waals surface area contributed by atoms with E-state index in [0.29, 0.717) is 16.6 Å². The molecule has 1 aromatic heterocycles. The van der Waals surface area contributed by atoms with Gasteiger partial charge in [-0.05, 0) is 42.7 Å². The topological polar surface area (TPSA) is 54.5 Å². The Labute approximate surface area is 168 Å². The molecule has 2 aromatic carbocycles. The number of nitriles is 1. The Hall–Kier alpha value is -2.29. The van der Waals surface area contributed by atoms with Gasteiger partial charge in [0.2, 0.25) is 0 Å². The van der Waals surface area contributed by atoms with Crippen LogP contribution in [0.2, 0.25) is 5.02 Å². The molecule has 27 heavy (non-hydrogen) atoms. The number of thioether (sulfide) groups is 1. The lowest BCUT2D eigenvalue weighted by Gasteiger charge is -2.17. The monoisotopic (exact) mass is 394 g/mol. The third-order valence-electron chi connectivity index (χ3n) is 4.92. The van der Waals surface area contributed by atoms with Crippen molar-refractivity contribution in [2.45, 2.75) is 42.6 Å². The highest BCUT2D eigenvalue weighted by atomic mass is 35.5. The first-order valence-electron chi connectivity index (χ1n) is 9.08. The number of rotatable bonds is 5. The van der Waals surface area contributed by atoms with Gasteiger partial charge in [-0.1, -0.05) is 60.5 Å². The summed E-state index contributed by atoms with van der Waals surface area (Å²) in [5, 5.41) is 19.6. The molecule has 1 saturated carbocycles. The maximum absolute atomic E-state index is 8.94. The molecule has 1 aliphatic carbocycles. The summed E-state index contributed by atoms with van der Waals surface area (Å²) in [5.41, 5.74) is 2.78. The number of hydrogen-bond donors (Lipinski definition) is 0. The van der Waals surface area contributed by atoms with Gasteiger partial charge in [0.25, 0.3) is 0 Å². The van der Waals surface area contributed by atoms with Gasteiger partial charge in [0, 0.05) is 17.4 Å². The van der Waals surface area contributed by atoms with Crippen LogP contribution in [0.5, 0.6) is 0 Å². The molecule has 0 spiro atoms. The van der Waals surface area contributed by atoms with Gasteiger partial charge in [-0.25, -0.2) is 0 Å². The van der Waals surface area contributed by atoms with E-state index in [1.165, 1.54) is 18.4 Å². The van der Waals surface area contributed by atoms with Crippen LogP contribution >= 0.6 is 23.4 Å². The van der Waals surface area contributed by atoms with E-state index in [-0.39, 0.29) is 0 Å². The highest BCUT2D eigenvalue weighted by molar-refractivity contribution is 7.98. The van der Waals surface area contributed by atoms with Gasteiger partial charge >= 0.3 is 0 Å². The van der Waals surface area contributed by atoms with Crippen LogP contribution in [0.1, 0.15) is 42.9 Å². The van der Waals surface area contributed by atoms with Crippen LogP contribution in [-0.4, -0.2) is 14.8 Å². The van der Waals surface area contributed by atoms with E-state index in [1.54, 1.807) is 11.8 Å². The molecule has 0 radical (unpaired) electrons. The first-order chi connectivity index (χ1) is 13.3. The van der Waals surface area contributed by atoms with Gasteiger partial charge in [-0.15, -0.1) is 10.2 Å². The molecule has 0 N–H and O–H groups in total. The number of hydrogen-bond acceptors (Lipinski definition) is 4. The molecule has 1 aliphatic rings. The summed E-state index contributed by atoms with van der Waals surface area (Å²) in [6.07, 6.45) is 4.79. The molecule has 1 fully saturated rings. The first-order valence-corrected chi connectivity index (χ1v) is 10.4. The van der Waals surface area contributed by atoms with Crippen LogP contribution in [0.4, 0.5) is 0 Å². The van der Waals surface area contributed by atoms with E-state index in [2.05, 4.69) is 20.8 Å². The van der Waals surface area contributed by atoms with Crippen LogP contribution < -0.4 is 0 Å². The van der Waals surface area contributed by atoms with Crippen molar-refractivity contribution in [3.8, 4) is 17.5 Å². The summed E-state index contributed by atoms with van der Waals surface area (Å²) >= 11 is 8.12. The molecule has 0 bridgehead atoms. The zero-order valence-electron chi connectivity index (χ0n) is 14.8. The molecule has 1 heterocycles. The second kappa shape index (κ2) is 8.16. The van der Waals surface area contributed by atoms with Gasteiger partial charge in [0.05, 0.1) is 16.7 Å². The molecule has 136 valence electrons. The SMILES string of the molecule is N#Cc1ccc(CSc2nnc(-c3ccccc3Cl)n2C2CCCC2)cc1. The molecule has 6 heteroatoms. The van der Waals surface area contributed by atoms with Crippen molar-refractivity contribution in [2.24, 2.45) is 0 Å². The fraction of sp³-hybridized carbons (Fsp3) is 0.286. The average Bonchev–Trinajstić information content (AvgIpc) is 3.36. The van der Waals surface area contributed by atoms with Crippen LogP contribution in [-0.2, 0) is 5.75 Å². The molecule has 4 rings (SSSR count). The van der Waals surface area contributed by atoms with E-state index < -0.39 is 0 Å². The normalized spacial score (nSPS) is 14.4. The molecule has 0 atom stereocenters. The maximum atomic E-state index is 8.94. The van der Waals surface area contributed by atoms with Crippen molar-refractivity contribution in [1.29, 1.82) is 5.26 Å². The fourth-order valence-corrected chi connectivity index (χ4v) is 4.70. The number of nitrogens with zero attached hydrogens (tertiary/aromatic N) is 4. The Morgan fingerprint density at radius 3 is 2.52 bits per heavy atom. The smallest absolute Gasteiger partial charge is 0.192 e. The molecule has 4 nitrogen and oxygen atoms in total. The predicted octanol–water partition coefficient (Wildman–Crippen LogP) is 5.88. The molecule has 0 saturated heterocycles. The highest BCUT2D eigenvalue weighted by Gasteiger charge is 2.25. The van der Waals surface area contributed by atoms with Crippen molar-refractivity contribution in [3.05, 3.63) is 64.7 Å². The van der Waals surface area contributed by atoms with Gasteiger partial charge in [-0.2, -0.15) is 5.26 Å². The lowest BCUT2D eigenvalue weighted by atomic mass is 10.2. The summed E-state index contributed by atoms with van der Waals surface area (Å²) < 4.78 is 2.28. The van der Waals surface area contributed by atoms with Gasteiger partial charge < -0.3 is 0 Å². The molecule has 0 unspecified atom stereocenters. The summed E-state index contributed by atoms with van der Waals surface area (Å²) in [6, 6.07) is 18.1. The zero-order valence-corrected chi connectivity index (χ0v) is 16.4. The second-order valence-electron chi connectivity index (χ2n) is 6.69. The Balaban J connectivity index is 1.64. The first kappa shape index (κ1) is 18.1. The van der Waals surface area contributed by atoms with Crippen molar-refractivity contribution < 1.29 is 0 Å². The number of halogens is 1. The third-order valence-corrected chi connectivity index (χ3v) is 6.26. The average molecular weight is 395 g/mol. The van der Waals surface area contributed by atoms with E-state index >= 15 is 0 Å². The minimum Gasteiger partial charge on any atom is -0.299 e. The zero-order chi connectivity index (χ0) is 18.6. The van der Waals surface area contributed by atoms with E-state index in [0.717, 1.165) is 35.1 Å². The fourth-order valence-electron chi connectivity index (χ4n) is 3.52. The lowest BCUT2D eigenvalue weighted by molar-refractivity contribution is 0.485. The summed E-state index contributed by atoms with van der Waals surface area (Å²) in [6.45, 7) is 0. The number of aromatic nitrogens is 3. The predicted molar refractivity (Wildman–Crippen MR) is 109 cm³/mol. The Bertz CT molecular complexity index is 969. The largest absolute Gasteiger partial charge is 0.299 e.